The van der Waals surface area contributed by atoms with Crippen LogP contribution in [0.3, 0.4) is 0 Å². The second kappa shape index (κ2) is 12.3. The van der Waals surface area contributed by atoms with E-state index in [0.29, 0.717) is 0 Å². The molecule has 0 aliphatic heterocycles. The number of hydrogen-bond acceptors (Lipinski definition) is 8. The van der Waals surface area contributed by atoms with Gasteiger partial charge < -0.3 is 0 Å². The maximum absolute atomic E-state index is 4.98. The monoisotopic (exact) mass is 750 g/mol. The summed E-state index contributed by atoms with van der Waals surface area (Å²) in [6, 6.07) is 43.5. The molecule has 0 amide bonds. The van der Waals surface area contributed by atoms with Crippen molar-refractivity contribution >= 4 is 97.5 Å². The Morgan fingerprint density at radius 2 is 0.964 bits per heavy atom. The fourth-order valence-electron chi connectivity index (χ4n) is 7.84. The number of benzene rings is 6. The summed E-state index contributed by atoms with van der Waals surface area (Å²) >= 11 is 3.71. The van der Waals surface area contributed by atoms with Gasteiger partial charge in [0.15, 0.2) is 0 Å². The SMILES string of the molecule is c1cnc2c(ccc3nc(-c4ccc(-c5cnc6c(ccc7cc(-c8ccc9ccc(-c%10cc%11ccc%12ccsc%12c%11s%10)cc9c8)cnc76)c5)cc4)cnc32)n1. The first-order valence-electron chi connectivity index (χ1n) is 18.3. The molecular weight excluding hydrogens is 725 g/mol. The van der Waals surface area contributed by atoms with E-state index < -0.39 is 0 Å². The molecule has 0 spiro atoms. The van der Waals surface area contributed by atoms with Crippen molar-refractivity contribution in [3.63, 3.8) is 0 Å². The lowest BCUT2D eigenvalue weighted by Crippen LogP contribution is -1.92. The number of hydrogen-bond donors (Lipinski definition) is 0. The minimum Gasteiger partial charge on any atom is -0.253 e. The highest BCUT2D eigenvalue weighted by molar-refractivity contribution is 7.28. The minimum absolute atomic E-state index is 0.752. The minimum atomic E-state index is 0.752. The van der Waals surface area contributed by atoms with E-state index in [2.05, 4.69) is 125 Å². The van der Waals surface area contributed by atoms with Crippen LogP contribution < -0.4 is 0 Å². The summed E-state index contributed by atoms with van der Waals surface area (Å²) in [7, 11) is 0. The Morgan fingerprint density at radius 3 is 1.80 bits per heavy atom. The molecule has 6 aromatic heterocycles. The molecule has 0 saturated carbocycles. The van der Waals surface area contributed by atoms with E-state index in [9.17, 15) is 0 Å². The van der Waals surface area contributed by atoms with Crippen LogP contribution in [0.5, 0.6) is 0 Å². The average molecular weight is 751 g/mol. The zero-order valence-electron chi connectivity index (χ0n) is 29.5. The third-order valence-corrected chi connectivity index (χ3v) is 13.0. The number of rotatable bonds is 4. The van der Waals surface area contributed by atoms with Gasteiger partial charge in [0.25, 0.3) is 0 Å². The largest absolute Gasteiger partial charge is 0.253 e. The van der Waals surface area contributed by atoms with E-state index >= 15 is 0 Å². The van der Waals surface area contributed by atoms with Gasteiger partial charge in [-0.05, 0) is 92.1 Å². The van der Waals surface area contributed by atoms with E-state index in [4.69, 9.17) is 19.9 Å². The van der Waals surface area contributed by atoms with E-state index in [1.54, 1.807) is 18.6 Å². The Balaban J connectivity index is 0.836. The topological polar surface area (TPSA) is 77.3 Å². The second-order valence-corrected chi connectivity index (χ2v) is 16.0. The standard InChI is InChI=1S/C48H26N6S2/c1-5-29(41-26-53-46-40(54-41)14-13-39-45(46)50-17-16-49-39)6-2-28(1)37-21-33-10-11-34-22-38(25-52-44(34)43(33)51-24-37)31-8-3-27-4-9-32(20-36(27)19-31)42-23-35-12-7-30-15-18-55-47(30)48(35)56-42/h1-26H. The molecule has 0 unspecified atom stereocenters. The molecule has 6 aromatic carbocycles. The molecule has 56 heavy (non-hydrogen) atoms. The fourth-order valence-corrected chi connectivity index (χ4v) is 10.1. The molecule has 8 heteroatoms. The average Bonchev–Trinajstić information content (AvgIpc) is 3.93. The number of nitrogens with zero attached hydrogens (tertiary/aromatic N) is 6. The maximum atomic E-state index is 4.98. The smallest absolute Gasteiger partial charge is 0.117 e. The van der Waals surface area contributed by atoms with Crippen LogP contribution in [0.2, 0.25) is 0 Å². The first kappa shape index (κ1) is 31.4. The van der Waals surface area contributed by atoms with Crippen molar-refractivity contribution in [2.45, 2.75) is 0 Å². The molecule has 0 fully saturated rings. The highest BCUT2D eigenvalue weighted by Crippen LogP contribution is 2.41. The zero-order valence-corrected chi connectivity index (χ0v) is 31.1. The Bertz CT molecular complexity index is 3550. The van der Waals surface area contributed by atoms with Gasteiger partial charge in [-0.25, -0.2) is 9.97 Å². The Kier molecular flexibility index (Phi) is 6.87. The molecule has 6 nitrogen and oxygen atoms in total. The fraction of sp³-hybridized carbons (Fsp3) is 0. The second-order valence-electron chi connectivity index (χ2n) is 14.1. The molecule has 0 bridgehead atoms. The van der Waals surface area contributed by atoms with Gasteiger partial charge in [-0.3, -0.25) is 19.9 Å². The molecule has 0 atom stereocenters. The van der Waals surface area contributed by atoms with Crippen molar-refractivity contribution in [3.8, 4) is 44.0 Å². The molecule has 12 aromatic rings. The van der Waals surface area contributed by atoms with Crippen LogP contribution in [0, 0.1) is 0 Å². The number of pyridine rings is 2. The molecule has 0 radical (unpaired) electrons. The van der Waals surface area contributed by atoms with Crippen molar-refractivity contribution in [2.75, 3.05) is 0 Å². The normalized spacial score (nSPS) is 11.9. The Labute approximate surface area is 327 Å². The lowest BCUT2D eigenvalue weighted by molar-refractivity contribution is 1.26. The van der Waals surface area contributed by atoms with E-state index in [1.807, 2.05) is 47.2 Å². The van der Waals surface area contributed by atoms with Crippen molar-refractivity contribution < 1.29 is 0 Å². The van der Waals surface area contributed by atoms with Gasteiger partial charge in [0, 0.05) is 57.1 Å². The summed E-state index contributed by atoms with van der Waals surface area (Å²) < 4.78 is 2.74. The summed E-state index contributed by atoms with van der Waals surface area (Å²) in [6.07, 6.45) is 9.09. The maximum Gasteiger partial charge on any atom is 0.117 e. The van der Waals surface area contributed by atoms with E-state index in [0.717, 1.165) is 77.4 Å². The first-order valence-corrected chi connectivity index (χ1v) is 20.0. The molecule has 6 heterocycles. The van der Waals surface area contributed by atoms with Crippen LogP contribution in [0.25, 0.3) is 119 Å². The van der Waals surface area contributed by atoms with Crippen LogP contribution in [0.15, 0.2) is 158 Å². The van der Waals surface area contributed by atoms with Gasteiger partial charge in [0.1, 0.15) is 11.0 Å². The molecule has 0 saturated heterocycles. The summed E-state index contributed by atoms with van der Waals surface area (Å²) in [5.41, 5.74) is 12.3. The van der Waals surface area contributed by atoms with Crippen LogP contribution in [-0.4, -0.2) is 29.9 Å². The van der Waals surface area contributed by atoms with E-state index in [-0.39, 0.29) is 0 Å². The highest BCUT2D eigenvalue weighted by Gasteiger charge is 2.13. The van der Waals surface area contributed by atoms with Gasteiger partial charge in [-0.2, -0.15) is 0 Å². The number of fused-ring (bicyclic) bond motifs is 10. The third kappa shape index (κ3) is 5.07. The summed E-state index contributed by atoms with van der Waals surface area (Å²) in [5, 5.41) is 9.36. The predicted octanol–water partition coefficient (Wildman–Crippen LogP) is 12.9. The van der Waals surface area contributed by atoms with Gasteiger partial charge in [-0.1, -0.05) is 72.8 Å². The molecule has 0 aliphatic carbocycles. The third-order valence-electron chi connectivity index (χ3n) is 10.7. The van der Waals surface area contributed by atoms with E-state index in [1.165, 1.54) is 41.4 Å². The van der Waals surface area contributed by atoms with Crippen LogP contribution in [-0.2, 0) is 0 Å². The van der Waals surface area contributed by atoms with Crippen LogP contribution in [0.4, 0.5) is 0 Å². The summed E-state index contributed by atoms with van der Waals surface area (Å²) in [6.45, 7) is 0. The number of aromatic nitrogens is 6. The molecule has 0 aliphatic rings. The lowest BCUT2D eigenvalue weighted by atomic mass is 9.98. The van der Waals surface area contributed by atoms with Gasteiger partial charge in [-0.15, -0.1) is 22.7 Å². The molecular formula is C48H26N6S2. The first-order chi connectivity index (χ1) is 27.7. The van der Waals surface area contributed by atoms with Gasteiger partial charge in [0.2, 0.25) is 0 Å². The van der Waals surface area contributed by atoms with Gasteiger partial charge in [0.05, 0.1) is 43.4 Å². The van der Waals surface area contributed by atoms with Crippen molar-refractivity contribution in [1.29, 1.82) is 0 Å². The zero-order chi connectivity index (χ0) is 36.7. The Hall–Kier alpha value is -7.00. The number of thiophene rings is 2. The molecule has 260 valence electrons. The summed E-state index contributed by atoms with van der Waals surface area (Å²) in [5.74, 6) is 0. The quantitative estimate of drug-likeness (QED) is 0.167. The van der Waals surface area contributed by atoms with Gasteiger partial charge >= 0.3 is 0 Å². The van der Waals surface area contributed by atoms with Crippen molar-refractivity contribution in [2.24, 2.45) is 0 Å². The van der Waals surface area contributed by atoms with Crippen molar-refractivity contribution in [1.82, 2.24) is 29.9 Å². The molecule has 12 rings (SSSR count). The molecule has 0 N–H and O–H groups in total. The summed E-state index contributed by atoms with van der Waals surface area (Å²) in [4.78, 5) is 29.7. The van der Waals surface area contributed by atoms with Crippen LogP contribution >= 0.6 is 22.7 Å². The van der Waals surface area contributed by atoms with Crippen molar-refractivity contribution in [3.05, 3.63) is 158 Å². The van der Waals surface area contributed by atoms with Crippen LogP contribution in [0.1, 0.15) is 0 Å². The predicted molar refractivity (Wildman–Crippen MR) is 233 cm³/mol. The highest BCUT2D eigenvalue weighted by atomic mass is 32.1. The Morgan fingerprint density at radius 1 is 0.357 bits per heavy atom. The lowest BCUT2D eigenvalue weighted by Gasteiger charge is -2.09.